The predicted molar refractivity (Wildman–Crippen MR) is 59.3 cm³/mol. The maximum Gasteiger partial charge on any atom is 0.137 e. The zero-order chi connectivity index (χ0) is 9.84. The molecule has 1 atom stereocenters. The first-order chi connectivity index (χ1) is 6.19. The fraction of sp³-hybridized carbons (Fsp3) is 0.333. The van der Waals surface area contributed by atoms with Crippen LogP contribution in [0.3, 0.4) is 0 Å². The molecular formula is C9H13Cl2NO2. The van der Waals surface area contributed by atoms with Crippen LogP contribution in [-0.4, -0.2) is 18.8 Å². The first kappa shape index (κ1) is 13.5. The number of benzene rings is 1. The molecular weight excluding hydrogens is 225 g/mol. The Labute approximate surface area is 94.2 Å². The normalized spacial score (nSPS) is 11.7. The minimum atomic E-state index is -0.664. The minimum absolute atomic E-state index is 0. The second-order valence-corrected chi connectivity index (χ2v) is 3.05. The van der Waals surface area contributed by atoms with Gasteiger partial charge in [0.1, 0.15) is 5.75 Å². The molecule has 14 heavy (non-hydrogen) atoms. The lowest BCUT2D eigenvalue weighted by molar-refractivity contribution is 0.186. The van der Waals surface area contributed by atoms with Crippen molar-refractivity contribution >= 4 is 24.0 Å². The maximum atomic E-state index is 9.39. The summed E-state index contributed by atoms with van der Waals surface area (Å²) in [5.74, 6) is 0.592. The molecule has 1 aromatic rings. The van der Waals surface area contributed by atoms with E-state index in [1.165, 1.54) is 0 Å². The standard InChI is InChI=1S/C9H12ClNO2.ClH/c1-13-9-3-2-6(4-7(9)10)8(12)5-11;/h2-4,8,12H,5,11H2,1H3;1H/t8-;/m1./s1. The van der Waals surface area contributed by atoms with E-state index < -0.39 is 6.10 Å². The van der Waals surface area contributed by atoms with Crippen molar-refractivity contribution in [3.63, 3.8) is 0 Å². The van der Waals surface area contributed by atoms with Gasteiger partial charge >= 0.3 is 0 Å². The maximum absolute atomic E-state index is 9.39. The van der Waals surface area contributed by atoms with Gasteiger partial charge in [-0.15, -0.1) is 12.4 Å². The Bertz CT molecular complexity index is 294. The van der Waals surface area contributed by atoms with E-state index in [4.69, 9.17) is 22.1 Å². The number of hydrogen-bond donors (Lipinski definition) is 2. The van der Waals surface area contributed by atoms with Crippen molar-refractivity contribution in [2.24, 2.45) is 5.73 Å². The molecule has 5 heteroatoms. The third kappa shape index (κ3) is 3.03. The van der Waals surface area contributed by atoms with Crippen LogP contribution in [0, 0.1) is 0 Å². The van der Waals surface area contributed by atoms with E-state index in [0.29, 0.717) is 16.3 Å². The Hall–Kier alpha value is -0.480. The molecule has 0 saturated heterocycles. The van der Waals surface area contributed by atoms with Crippen LogP contribution in [-0.2, 0) is 0 Å². The molecule has 0 fully saturated rings. The van der Waals surface area contributed by atoms with Gasteiger partial charge in [-0.25, -0.2) is 0 Å². The van der Waals surface area contributed by atoms with Crippen LogP contribution in [0.1, 0.15) is 11.7 Å². The quantitative estimate of drug-likeness (QED) is 0.843. The van der Waals surface area contributed by atoms with Gasteiger partial charge in [0.05, 0.1) is 18.2 Å². The highest BCUT2D eigenvalue weighted by Crippen LogP contribution is 2.27. The Morgan fingerprint density at radius 2 is 2.21 bits per heavy atom. The van der Waals surface area contributed by atoms with Crippen molar-refractivity contribution in [2.75, 3.05) is 13.7 Å². The van der Waals surface area contributed by atoms with Crippen molar-refractivity contribution in [1.82, 2.24) is 0 Å². The molecule has 80 valence electrons. The van der Waals surface area contributed by atoms with Gasteiger partial charge in [0.25, 0.3) is 0 Å². The molecule has 0 aliphatic rings. The van der Waals surface area contributed by atoms with E-state index >= 15 is 0 Å². The fourth-order valence-electron chi connectivity index (χ4n) is 1.03. The van der Waals surface area contributed by atoms with Gasteiger partial charge in [-0.05, 0) is 17.7 Å². The van der Waals surface area contributed by atoms with Gasteiger partial charge in [-0.1, -0.05) is 17.7 Å². The molecule has 0 unspecified atom stereocenters. The predicted octanol–water partition coefficient (Wildman–Crippen LogP) is 1.76. The van der Waals surface area contributed by atoms with Gasteiger partial charge < -0.3 is 15.6 Å². The average Bonchev–Trinajstić information content (AvgIpc) is 2.16. The molecule has 1 rings (SSSR count). The summed E-state index contributed by atoms with van der Waals surface area (Å²) in [7, 11) is 1.54. The van der Waals surface area contributed by atoms with E-state index in [1.807, 2.05) is 0 Å². The lowest BCUT2D eigenvalue weighted by Crippen LogP contribution is -2.11. The summed E-state index contributed by atoms with van der Waals surface area (Å²) >= 11 is 5.85. The van der Waals surface area contributed by atoms with Crippen LogP contribution in [0.2, 0.25) is 5.02 Å². The number of rotatable bonds is 3. The first-order valence-corrected chi connectivity index (χ1v) is 4.28. The van der Waals surface area contributed by atoms with E-state index in [-0.39, 0.29) is 19.0 Å². The number of nitrogens with two attached hydrogens (primary N) is 1. The molecule has 1 aromatic carbocycles. The number of ether oxygens (including phenoxy) is 1. The van der Waals surface area contributed by atoms with Crippen molar-refractivity contribution < 1.29 is 9.84 Å². The SMILES string of the molecule is COc1ccc([C@H](O)CN)cc1Cl.Cl. The van der Waals surface area contributed by atoms with Crippen LogP contribution in [0.25, 0.3) is 0 Å². The molecule has 0 saturated carbocycles. The van der Waals surface area contributed by atoms with Gasteiger partial charge in [-0.2, -0.15) is 0 Å². The monoisotopic (exact) mass is 237 g/mol. The molecule has 0 spiro atoms. The van der Waals surface area contributed by atoms with Crippen molar-refractivity contribution in [3.05, 3.63) is 28.8 Å². The highest BCUT2D eigenvalue weighted by Gasteiger charge is 2.07. The lowest BCUT2D eigenvalue weighted by Gasteiger charge is -2.09. The van der Waals surface area contributed by atoms with E-state index in [2.05, 4.69) is 0 Å². The fourth-order valence-corrected chi connectivity index (χ4v) is 1.29. The van der Waals surface area contributed by atoms with Crippen LogP contribution in [0.5, 0.6) is 5.75 Å². The van der Waals surface area contributed by atoms with Gasteiger partial charge in [-0.3, -0.25) is 0 Å². The molecule has 0 aliphatic heterocycles. The number of halogens is 2. The second-order valence-electron chi connectivity index (χ2n) is 2.65. The largest absolute Gasteiger partial charge is 0.495 e. The topological polar surface area (TPSA) is 55.5 Å². The Kier molecular flexibility index (Phi) is 5.88. The van der Waals surface area contributed by atoms with Crippen LogP contribution < -0.4 is 10.5 Å². The summed E-state index contributed by atoms with van der Waals surface area (Å²) in [4.78, 5) is 0. The second kappa shape index (κ2) is 6.09. The summed E-state index contributed by atoms with van der Waals surface area (Å²) in [6, 6.07) is 5.09. The number of hydrogen-bond acceptors (Lipinski definition) is 3. The molecule has 0 aliphatic carbocycles. The number of aliphatic hydroxyl groups excluding tert-OH is 1. The molecule has 0 bridgehead atoms. The zero-order valence-corrected chi connectivity index (χ0v) is 9.31. The Morgan fingerprint density at radius 3 is 2.64 bits per heavy atom. The molecule has 3 nitrogen and oxygen atoms in total. The van der Waals surface area contributed by atoms with Gasteiger partial charge in [0, 0.05) is 6.54 Å². The van der Waals surface area contributed by atoms with E-state index in [9.17, 15) is 5.11 Å². The summed E-state index contributed by atoms with van der Waals surface area (Å²) in [6.45, 7) is 0.183. The van der Waals surface area contributed by atoms with E-state index in [0.717, 1.165) is 0 Å². The average molecular weight is 238 g/mol. The summed E-state index contributed by atoms with van der Waals surface area (Å²) in [6.07, 6.45) is -0.664. The molecule has 0 amide bonds. The third-order valence-corrected chi connectivity index (χ3v) is 2.08. The molecule has 3 N–H and O–H groups in total. The third-order valence-electron chi connectivity index (χ3n) is 1.78. The van der Waals surface area contributed by atoms with Crippen LogP contribution in [0.15, 0.2) is 18.2 Å². The summed E-state index contributed by atoms with van der Waals surface area (Å²) in [5.41, 5.74) is 6.00. The number of aliphatic hydroxyl groups is 1. The highest BCUT2D eigenvalue weighted by molar-refractivity contribution is 6.32. The summed E-state index contributed by atoms with van der Waals surface area (Å²) in [5, 5.41) is 9.87. The minimum Gasteiger partial charge on any atom is -0.495 e. The molecule has 0 aromatic heterocycles. The van der Waals surface area contributed by atoms with E-state index in [1.54, 1.807) is 25.3 Å². The summed E-state index contributed by atoms with van der Waals surface area (Å²) < 4.78 is 4.97. The van der Waals surface area contributed by atoms with Crippen LogP contribution >= 0.6 is 24.0 Å². The smallest absolute Gasteiger partial charge is 0.137 e. The molecule has 0 heterocycles. The molecule has 0 radical (unpaired) electrons. The van der Waals surface area contributed by atoms with Crippen molar-refractivity contribution in [2.45, 2.75) is 6.10 Å². The Balaban J connectivity index is 0.00000169. The zero-order valence-electron chi connectivity index (χ0n) is 7.74. The van der Waals surface area contributed by atoms with Crippen LogP contribution in [0.4, 0.5) is 0 Å². The number of methoxy groups -OCH3 is 1. The first-order valence-electron chi connectivity index (χ1n) is 3.90. The lowest BCUT2D eigenvalue weighted by atomic mass is 10.1. The van der Waals surface area contributed by atoms with Gasteiger partial charge in [0.15, 0.2) is 0 Å². The Morgan fingerprint density at radius 1 is 1.57 bits per heavy atom. The van der Waals surface area contributed by atoms with Crippen molar-refractivity contribution in [1.29, 1.82) is 0 Å². The van der Waals surface area contributed by atoms with Gasteiger partial charge in [0.2, 0.25) is 0 Å². The highest BCUT2D eigenvalue weighted by atomic mass is 35.5. The van der Waals surface area contributed by atoms with Crippen molar-refractivity contribution in [3.8, 4) is 5.75 Å².